The molecule has 31 heteroatoms. The van der Waals surface area contributed by atoms with Crippen molar-refractivity contribution in [3.63, 3.8) is 0 Å². The quantitative estimate of drug-likeness (QED) is 0.0119. The van der Waals surface area contributed by atoms with E-state index in [2.05, 4.69) is 38.8 Å². The van der Waals surface area contributed by atoms with Crippen molar-refractivity contribution in [2.24, 2.45) is 5.73 Å². The molecule has 0 aromatic carbocycles. The zero-order valence-corrected chi connectivity index (χ0v) is 43.4. The highest BCUT2D eigenvalue weighted by atomic mass is 16.5. The lowest BCUT2D eigenvalue weighted by atomic mass is 10.0. The molecule has 9 atom stereocenters. The van der Waals surface area contributed by atoms with E-state index in [0.29, 0.717) is 17.9 Å². The summed E-state index contributed by atoms with van der Waals surface area (Å²) in [6, 6.07) is -12.8. The van der Waals surface area contributed by atoms with Crippen LogP contribution in [-0.2, 0) is 57.5 Å². The van der Waals surface area contributed by atoms with E-state index in [1.807, 2.05) is 10.6 Å². The standard InChI is InChI=1S/C46H77N11O20/c1-4-6-7-8-9-10-11-14-26(62)21-35(64)55-36(37(65)46(74)75)44(72)54-33(24-60)42(70)50-29(17-18-34(47)63)40(68)53-31(22-58)41(69)49-28(15-12-19-56(76)25(3)61)39(67)48-27(5-2)38(66)52-32(23-59)43(71)51-30-16-13-20-57(77)45(30)73/h5,26,28-33,36-37,58-60,62,65,76-77H,4,6-24H2,1-3H3,(H2,47,63)(H,48,67)(H,49,69)(H,50,70)(H,51,71)(H,52,66)(H,53,68)(H,54,72)(H,55,64)(H,74,75)/b27-5-/t26-,28-,29-,30+,31+,32+,33-,36+,37+/m0/s1. The number of carbonyl (C=O) groups excluding carboxylic acids is 11. The number of hydrogen-bond donors (Lipinski definition) is 17. The minimum atomic E-state index is -2.61. The molecule has 436 valence electrons. The van der Waals surface area contributed by atoms with Gasteiger partial charge in [0.05, 0.1) is 32.3 Å². The maximum Gasteiger partial charge on any atom is 0.335 e. The highest BCUT2D eigenvalue weighted by Gasteiger charge is 2.38. The SMILES string of the molecule is C/C=C(\NC(=O)[C@H](CCCN(O)C(C)=O)NC(=O)[C@@H](CO)NC(=O)[C@H](CCC(N)=O)NC(=O)[C@H](CO)NC(=O)[C@H](NC(=O)C[C@@H](O)CCCCCCCCC)[C@@H](O)C(=O)O)C(=O)N[C@H](CO)C(=O)N[C@@H]1CCCN(O)C1=O. The summed E-state index contributed by atoms with van der Waals surface area (Å²) < 4.78 is 0. The Labute approximate surface area is 443 Å². The molecular formula is C46H77N11O20. The van der Waals surface area contributed by atoms with Gasteiger partial charge in [-0.05, 0) is 45.4 Å². The van der Waals surface area contributed by atoms with Crippen LogP contribution in [0.15, 0.2) is 11.8 Å². The normalized spacial score (nSPS) is 16.6. The Balaban J connectivity index is 3.24. The molecule has 1 aliphatic heterocycles. The van der Waals surface area contributed by atoms with E-state index in [1.165, 1.54) is 6.92 Å². The van der Waals surface area contributed by atoms with Gasteiger partial charge in [-0.3, -0.25) is 63.2 Å². The topological polar surface area (TPSA) is 495 Å². The second-order valence-electron chi connectivity index (χ2n) is 18.1. The van der Waals surface area contributed by atoms with E-state index < -0.39 is 183 Å². The Kier molecular flexibility index (Phi) is 32.0. The van der Waals surface area contributed by atoms with Crippen molar-refractivity contribution >= 4 is 70.9 Å². The minimum Gasteiger partial charge on any atom is -0.479 e. The first-order chi connectivity index (χ1) is 36.3. The number of amides is 11. The maximum absolute atomic E-state index is 13.7. The van der Waals surface area contributed by atoms with Crippen LogP contribution in [0.3, 0.4) is 0 Å². The smallest absolute Gasteiger partial charge is 0.335 e. The third-order valence-electron chi connectivity index (χ3n) is 11.9. The molecule has 0 aliphatic carbocycles. The second kappa shape index (κ2) is 36.2. The third kappa shape index (κ3) is 25.2. The van der Waals surface area contributed by atoms with Gasteiger partial charge in [0.2, 0.25) is 53.2 Å². The number of piperidine rings is 1. The van der Waals surface area contributed by atoms with E-state index >= 15 is 0 Å². The number of hydroxylamine groups is 4. The summed E-state index contributed by atoms with van der Waals surface area (Å²) in [5, 5.41) is 97.8. The molecule has 31 nitrogen and oxygen atoms in total. The monoisotopic (exact) mass is 1100 g/mol. The molecule has 1 saturated heterocycles. The van der Waals surface area contributed by atoms with Gasteiger partial charge in [-0.1, -0.05) is 57.9 Å². The summed E-state index contributed by atoms with van der Waals surface area (Å²) in [5.74, 6) is -14.5. The van der Waals surface area contributed by atoms with Gasteiger partial charge < -0.3 is 78.9 Å². The van der Waals surface area contributed by atoms with Crippen LogP contribution in [0.1, 0.15) is 117 Å². The summed E-state index contributed by atoms with van der Waals surface area (Å²) in [6.45, 7) is 0.533. The van der Waals surface area contributed by atoms with Crippen LogP contribution in [0.5, 0.6) is 0 Å². The highest BCUT2D eigenvalue weighted by molar-refractivity contribution is 6.02. The molecule has 0 unspecified atom stereocenters. The molecule has 1 heterocycles. The Morgan fingerprint density at radius 3 is 1.75 bits per heavy atom. The average molecular weight is 1100 g/mol. The van der Waals surface area contributed by atoms with Gasteiger partial charge in [0.25, 0.3) is 11.8 Å². The molecule has 1 rings (SSSR count). The summed E-state index contributed by atoms with van der Waals surface area (Å²) in [6.07, 6.45) is 1.93. The number of allylic oxidation sites excluding steroid dienone is 1. The zero-order valence-electron chi connectivity index (χ0n) is 43.4. The van der Waals surface area contributed by atoms with Gasteiger partial charge in [0.15, 0.2) is 6.10 Å². The number of unbranched alkanes of at least 4 members (excludes halogenated alkanes) is 6. The van der Waals surface area contributed by atoms with Crippen molar-refractivity contribution in [2.75, 3.05) is 32.9 Å². The van der Waals surface area contributed by atoms with E-state index in [-0.39, 0.29) is 30.9 Å². The van der Waals surface area contributed by atoms with Crippen LogP contribution in [0.25, 0.3) is 0 Å². The number of carbonyl (C=O) groups is 12. The summed E-state index contributed by atoms with van der Waals surface area (Å²) in [4.78, 5) is 154. The van der Waals surface area contributed by atoms with Gasteiger partial charge in [-0.15, -0.1) is 0 Å². The maximum atomic E-state index is 13.7. The van der Waals surface area contributed by atoms with Gasteiger partial charge in [0.1, 0.15) is 48.0 Å². The summed E-state index contributed by atoms with van der Waals surface area (Å²) in [5.41, 5.74) is 4.70. The van der Waals surface area contributed by atoms with E-state index in [4.69, 9.17) is 5.73 Å². The van der Waals surface area contributed by atoms with Crippen LogP contribution in [0.4, 0.5) is 0 Å². The average Bonchev–Trinajstić information content (AvgIpc) is 3.38. The summed E-state index contributed by atoms with van der Waals surface area (Å²) in [7, 11) is 0. The van der Waals surface area contributed by atoms with Crippen molar-refractivity contribution in [1.82, 2.24) is 52.7 Å². The number of hydrogen-bond acceptors (Lipinski definition) is 19. The fraction of sp³-hybridized carbons (Fsp3) is 0.696. The number of aliphatic carboxylic acids is 1. The van der Waals surface area contributed by atoms with Crippen molar-refractivity contribution in [1.29, 1.82) is 0 Å². The lowest BCUT2D eigenvalue weighted by molar-refractivity contribution is -0.173. The number of aliphatic hydroxyl groups excluding tert-OH is 5. The van der Waals surface area contributed by atoms with Gasteiger partial charge in [0, 0.05) is 26.4 Å². The molecular weight excluding hydrogens is 1030 g/mol. The first-order valence-corrected chi connectivity index (χ1v) is 25.1. The molecule has 0 aromatic rings. The van der Waals surface area contributed by atoms with Crippen molar-refractivity contribution < 1.29 is 98.6 Å². The zero-order chi connectivity index (χ0) is 58.4. The Hall–Kier alpha value is -6.90. The fourth-order valence-corrected chi connectivity index (χ4v) is 7.38. The molecule has 0 aromatic heterocycles. The molecule has 0 radical (unpaired) electrons. The number of nitrogens with one attached hydrogen (secondary N) is 8. The van der Waals surface area contributed by atoms with E-state index in [1.54, 1.807) is 0 Å². The van der Waals surface area contributed by atoms with Crippen LogP contribution < -0.4 is 48.3 Å². The molecule has 11 amide bonds. The first-order valence-electron chi connectivity index (χ1n) is 25.1. The molecule has 1 fully saturated rings. The molecule has 0 saturated carbocycles. The number of nitrogens with zero attached hydrogens (tertiary/aromatic N) is 2. The highest BCUT2D eigenvalue weighted by Crippen LogP contribution is 2.13. The second-order valence-corrected chi connectivity index (χ2v) is 18.1. The first kappa shape index (κ1) is 68.1. The van der Waals surface area contributed by atoms with Gasteiger partial charge >= 0.3 is 5.97 Å². The van der Waals surface area contributed by atoms with Crippen molar-refractivity contribution in [3.05, 3.63) is 11.8 Å². The number of nitrogens with two attached hydrogens (primary N) is 1. The van der Waals surface area contributed by atoms with Crippen LogP contribution in [0.2, 0.25) is 0 Å². The fourth-order valence-electron chi connectivity index (χ4n) is 7.38. The predicted octanol–water partition coefficient (Wildman–Crippen LogP) is -5.99. The van der Waals surface area contributed by atoms with E-state index in [0.717, 1.165) is 51.5 Å². The summed E-state index contributed by atoms with van der Waals surface area (Å²) >= 11 is 0. The lowest BCUT2D eigenvalue weighted by Gasteiger charge is -2.29. The molecule has 1 aliphatic rings. The number of rotatable bonds is 37. The third-order valence-corrected chi connectivity index (χ3v) is 11.9. The molecule has 77 heavy (non-hydrogen) atoms. The Morgan fingerprint density at radius 1 is 0.701 bits per heavy atom. The van der Waals surface area contributed by atoms with Gasteiger partial charge in [-0.2, -0.15) is 0 Å². The molecule has 0 spiro atoms. The number of carboxylic acid groups (broad SMARTS) is 1. The van der Waals surface area contributed by atoms with E-state index in [9.17, 15) is 98.6 Å². The Bertz CT molecular complexity index is 2060. The van der Waals surface area contributed by atoms with Crippen molar-refractivity contribution in [3.8, 4) is 0 Å². The number of primary amides is 1. The largest absolute Gasteiger partial charge is 0.479 e. The van der Waals surface area contributed by atoms with Crippen LogP contribution >= 0.6 is 0 Å². The number of carboxylic acids is 1. The van der Waals surface area contributed by atoms with Crippen molar-refractivity contribution in [2.45, 2.75) is 172 Å². The number of aliphatic hydroxyl groups is 5. The van der Waals surface area contributed by atoms with Gasteiger partial charge in [-0.25, -0.2) is 14.9 Å². The lowest BCUT2D eigenvalue weighted by Crippen LogP contribution is -2.62. The molecule has 0 bridgehead atoms. The minimum absolute atomic E-state index is 0.0184. The van der Waals surface area contributed by atoms with Crippen LogP contribution in [0, 0.1) is 0 Å². The molecule has 18 N–H and O–H groups in total. The Morgan fingerprint density at radius 2 is 1.22 bits per heavy atom. The predicted molar refractivity (Wildman–Crippen MR) is 263 cm³/mol. The van der Waals surface area contributed by atoms with Crippen LogP contribution in [-0.4, -0.2) is 210 Å².